The average molecular weight is 630 g/mol. The van der Waals surface area contributed by atoms with Crippen molar-refractivity contribution in [3.63, 3.8) is 0 Å². The predicted molar refractivity (Wildman–Crippen MR) is 157 cm³/mol. The summed E-state index contributed by atoms with van der Waals surface area (Å²) in [5.74, 6) is -0.193. The number of hydrogen-bond acceptors (Lipinski definition) is 8. The fraction of sp³-hybridized carbons (Fsp3) is 0.138. The van der Waals surface area contributed by atoms with Gasteiger partial charge in [0.15, 0.2) is 13.1 Å². The third-order valence-electron chi connectivity index (χ3n) is 6.72. The molecule has 3 aromatic rings. The number of nitrogens with zero attached hydrogens (tertiary/aromatic N) is 1. The summed E-state index contributed by atoms with van der Waals surface area (Å²) < 4.78 is 90.0. The molecule has 0 saturated carbocycles. The van der Waals surface area contributed by atoms with Gasteiger partial charge in [-0.15, -0.1) is 0 Å². The highest BCUT2D eigenvalue weighted by Crippen LogP contribution is 2.43. The van der Waals surface area contributed by atoms with Crippen molar-refractivity contribution in [2.75, 3.05) is 31.6 Å². The first-order valence-electron chi connectivity index (χ1n) is 12.8. The minimum absolute atomic E-state index is 0.0677. The van der Waals surface area contributed by atoms with Crippen molar-refractivity contribution in [2.24, 2.45) is 0 Å². The number of hydrogen-bond donors (Lipinski definition) is 5. The van der Waals surface area contributed by atoms with Gasteiger partial charge in [-0.25, -0.2) is 8.97 Å². The SMILES string of the molecule is O=S(=O)(O)c1ccc(-c2c3ccc(=[N+](CCO)CCO)cc-3oc3cc(Nc4cccc(F)c4)ccc23)c(S(=O)(=O)O)c1. The monoisotopic (exact) mass is 629 g/mol. The Kier molecular flexibility index (Phi) is 8.34. The lowest BCUT2D eigenvalue weighted by atomic mass is 9.93. The van der Waals surface area contributed by atoms with E-state index in [-0.39, 0.29) is 48.8 Å². The van der Waals surface area contributed by atoms with Gasteiger partial charge in [-0.1, -0.05) is 12.1 Å². The maximum atomic E-state index is 13.8. The van der Waals surface area contributed by atoms with Crippen LogP contribution in [0.15, 0.2) is 93.1 Å². The van der Waals surface area contributed by atoms with Crippen LogP contribution in [0.25, 0.3) is 33.4 Å². The van der Waals surface area contributed by atoms with Crippen LogP contribution in [-0.2, 0) is 20.2 Å². The zero-order valence-corrected chi connectivity index (χ0v) is 23.9. The van der Waals surface area contributed by atoms with E-state index in [4.69, 9.17) is 4.42 Å². The Bertz CT molecular complexity index is 2100. The predicted octanol–water partition coefficient (Wildman–Crippen LogP) is 3.34. The molecular formula is C29H26FN2O9S2+. The van der Waals surface area contributed by atoms with Gasteiger partial charge in [0, 0.05) is 45.6 Å². The average Bonchev–Trinajstić information content (AvgIpc) is 2.94. The Labute approximate surface area is 245 Å². The molecular weight excluding hydrogens is 603 g/mol. The van der Waals surface area contributed by atoms with Crippen LogP contribution in [0.2, 0.25) is 0 Å². The Hall–Kier alpha value is -4.18. The van der Waals surface area contributed by atoms with Gasteiger partial charge in [-0.2, -0.15) is 16.8 Å². The summed E-state index contributed by atoms with van der Waals surface area (Å²) in [5, 5.41) is 23.1. The molecule has 43 heavy (non-hydrogen) atoms. The molecule has 0 radical (unpaired) electrons. The highest BCUT2D eigenvalue weighted by molar-refractivity contribution is 7.86. The number of halogens is 1. The molecule has 224 valence electrons. The van der Waals surface area contributed by atoms with Crippen LogP contribution >= 0.6 is 0 Å². The van der Waals surface area contributed by atoms with Crippen molar-refractivity contribution in [1.29, 1.82) is 0 Å². The first-order chi connectivity index (χ1) is 20.4. The lowest BCUT2D eigenvalue weighted by Gasteiger charge is -2.18. The topological polar surface area (TPSA) is 177 Å². The van der Waals surface area contributed by atoms with E-state index >= 15 is 0 Å². The third kappa shape index (κ3) is 6.44. The molecule has 1 heterocycles. The second kappa shape index (κ2) is 11.8. The highest BCUT2D eigenvalue weighted by atomic mass is 32.2. The maximum absolute atomic E-state index is 13.8. The van der Waals surface area contributed by atoms with Crippen molar-refractivity contribution < 1.29 is 45.0 Å². The smallest absolute Gasteiger partial charge is 0.295 e. The second-order valence-electron chi connectivity index (χ2n) is 9.55. The molecule has 0 amide bonds. The summed E-state index contributed by atoms with van der Waals surface area (Å²) in [5.41, 5.74) is 1.80. The minimum Gasteiger partial charge on any atom is -0.456 e. The molecule has 0 aromatic heterocycles. The second-order valence-corrected chi connectivity index (χ2v) is 12.4. The van der Waals surface area contributed by atoms with E-state index in [1.54, 1.807) is 47.0 Å². The first kappa shape index (κ1) is 30.3. The van der Waals surface area contributed by atoms with Crippen molar-refractivity contribution in [3.8, 4) is 22.5 Å². The van der Waals surface area contributed by atoms with Gasteiger partial charge in [0.2, 0.25) is 5.36 Å². The molecule has 0 saturated heterocycles. The fourth-order valence-electron chi connectivity index (χ4n) is 4.87. The van der Waals surface area contributed by atoms with Gasteiger partial charge >= 0.3 is 0 Å². The molecule has 0 fully saturated rings. The molecule has 2 aliphatic rings. The lowest BCUT2D eigenvalue weighted by molar-refractivity contribution is 0.250. The normalized spacial score (nSPS) is 12.1. The first-order valence-corrected chi connectivity index (χ1v) is 15.7. The van der Waals surface area contributed by atoms with E-state index in [9.17, 15) is 40.5 Å². The Morgan fingerprint density at radius 2 is 1.47 bits per heavy atom. The minimum atomic E-state index is -5.01. The Morgan fingerprint density at radius 3 is 2.12 bits per heavy atom. The van der Waals surface area contributed by atoms with Gasteiger partial charge in [-0.05, 0) is 48.5 Å². The molecule has 14 heteroatoms. The lowest BCUT2D eigenvalue weighted by Crippen LogP contribution is -2.34. The van der Waals surface area contributed by atoms with Crippen LogP contribution in [-0.4, -0.2) is 62.5 Å². The van der Waals surface area contributed by atoms with Crippen LogP contribution in [0, 0.1) is 5.82 Å². The standard InChI is InChI=1S/C29H25FN2O9S2/c30-18-2-1-3-19(14-18)31-20-4-7-23-26(15-20)41-27-16-21(32(10-12-33)11-13-34)5-8-24(27)29(23)25-9-6-22(42(35,36)37)17-28(25)43(38,39)40/h1-9,14-17,33-34H,10-13H2,(H2,35,36,37,38,39,40)/p+1. The summed E-state index contributed by atoms with van der Waals surface area (Å²) in [6.45, 7) is 0.0343. The van der Waals surface area contributed by atoms with Crippen molar-refractivity contribution in [3.05, 3.63) is 90.0 Å². The van der Waals surface area contributed by atoms with Gasteiger partial charge in [0.1, 0.15) is 35.3 Å². The number of fused-ring (bicyclic) bond motifs is 2. The third-order valence-corrected chi connectivity index (χ3v) is 8.47. The molecule has 3 aromatic carbocycles. The van der Waals surface area contributed by atoms with E-state index in [0.29, 0.717) is 33.7 Å². The number of aliphatic hydroxyl groups is 2. The van der Waals surface area contributed by atoms with Gasteiger partial charge < -0.3 is 19.9 Å². The number of aliphatic hydroxyl groups excluding tert-OH is 2. The van der Waals surface area contributed by atoms with E-state index in [0.717, 1.165) is 12.1 Å². The van der Waals surface area contributed by atoms with Crippen molar-refractivity contribution in [2.45, 2.75) is 9.79 Å². The zero-order valence-electron chi connectivity index (χ0n) is 22.3. The molecule has 11 nitrogen and oxygen atoms in total. The van der Waals surface area contributed by atoms with E-state index < -0.39 is 35.8 Å². The van der Waals surface area contributed by atoms with E-state index in [2.05, 4.69) is 5.32 Å². The highest BCUT2D eigenvalue weighted by Gasteiger charge is 2.26. The zero-order chi connectivity index (χ0) is 30.9. The van der Waals surface area contributed by atoms with Crippen molar-refractivity contribution >= 4 is 42.6 Å². The van der Waals surface area contributed by atoms with Gasteiger partial charge in [0.05, 0.1) is 11.0 Å². The molecule has 5 N–H and O–H groups in total. The van der Waals surface area contributed by atoms with E-state index in [1.807, 2.05) is 0 Å². The van der Waals surface area contributed by atoms with Crippen LogP contribution < -0.4 is 15.2 Å². The summed E-state index contributed by atoms with van der Waals surface area (Å²) >= 11 is 0. The maximum Gasteiger partial charge on any atom is 0.295 e. The van der Waals surface area contributed by atoms with Gasteiger partial charge in [0.25, 0.3) is 20.2 Å². The summed E-state index contributed by atoms with van der Waals surface area (Å²) in [7, 11) is -9.82. The summed E-state index contributed by atoms with van der Waals surface area (Å²) in [6, 6.07) is 18.5. The van der Waals surface area contributed by atoms with Crippen LogP contribution in [0.4, 0.5) is 15.8 Å². The van der Waals surface area contributed by atoms with E-state index in [1.165, 1.54) is 18.2 Å². The molecule has 0 atom stereocenters. The summed E-state index contributed by atoms with van der Waals surface area (Å²) in [6.07, 6.45) is 0. The summed E-state index contributed by atoms with van der Waals surface area (Å²) in [4.78, 5) is -1.49. The van der Waals surface area contributed by atoms with Crippen LogP contribution in [0.3, 0.4) is 0 Å². The molecule has 0 bridgehead atoms. The molecule has 1 aliphatic heterocycles. The Balaban J connectivity index is 1.85. The molecule has 5 rings (SSSR count). The van der Waals surface area contributed by atoms with Crippen molar-refractivity contribution in [1.82, 2.24) is 4.58 Å². The largest absolute Gasteiger partial charge is 0.456 e. The van der Waals surface area contributed by atoms with Gasteiger partial charge in [-0.3, -0.25) is 9.11 Å². The van der Waals surface area contributed by atoms with Crippen LogP contribution in [0.5, 0.6) is 0 Å². The number of benzene rings is 4. The Morgan fingerprint density at radius 1 is 0.767 bits per heavy atom. The number of rotatable bonds is 9. The number of anilines is 2. The molecule has 0 unspecified atom stereocenters. The molecule has 1 aliphatic carbocycles. The number of nitrogens with one attached hydrogen (secondary N) is 1. The van der Waals surface area contributed by atoms with Crippen LogP contribution in [0.1, 0.15) is 0 Å². The quantitative estimate of drug-likeness (QED) is 0.0923. The molecule has 0 spiro atoms. The fourth-order valence-corrected chi connectivity index (χ4v) is 6.18.